The highest BCUT2D eigenvalue weighted by Gasteiger charge is 2.10. The highest BCUT2D eigenvalue weighted by atomic mass is 32.2. The Kier molecular flexibility index (Phi) is 5.15. The number of rotatable bonds is 6. The number of hydrogen-bond donors (Lipinski definition) is 1. The summed E-state index contributed by atoms with van der Waals surface area (Å²) in [6.45, 7) is 1.81. The molecule has 1 aromatic carbocycles. The van der Waals surface area contributed by atoms with Crippen molar-refractivity contribution in [2.24, 2.45) is 0 Å². The second kappa shape index (κ2) is 6.39. The molecule has 0 aliphatic heterocycles. The van der Waals surface area contributed by atoms with E-state index in [9.17, 15) is 4.79 Å². The van der Waals surface area contributed by atoms with Gasteiger partial charge in [0.05, 0.1) is 31.3 Å². The standard InChI is InChI=1S/C12H17NO3S/c1-8(14)7-13-9-5-11(16-3)12(17-4)6-10(9)15-2/h5-6,13H,7H2,1-4H3. The summed E-state index contributed by atoms with van der Waals surface area (Å²) in [5, 5.41) is 3.03. The molecule has 0 unspecified atom stereocenters. The van der Waals surface area contributed by atoms with Gasteiger partial charge in [-0.15, -0.1) is 11.8 Å². The molecule has 0 saturated carbocycles. The monoisotopic (exact) mass is 255 g/mol. The molecule has 0 atom stereocenters. The lowest BCUT2D eigenvalue weighted by Crippen LogP contribution is -2.10. The quantitative estimate of drug-likeness (QED) is 0.791. The first-order valence-corrected chi connectivity index (χ1v) is 6.38. The number of ether oxygens (including phenoxy) is 2. The smallest absolute Gasteiger partial charge is 0.148 e. The van der Waals surface area contributed by atoms with Crippen LogP contribution in [0.15, 0.2) is 17.0 Å². The number of anilines is 1. The lowest BCUT2D eigenvalue weighted by atomic mass is 10.2. The Hall–Kier alpha value is -1.36. The number of ketones is 1. The first-order valence-electron chi connectivity index (χ1n) is 5.15. The minimum atomic E-state index is 0.0694. The van der Waals surface area contributed by atoms with Gasteiger partial charge in [-0.1, -0.05) is 0 Å². The maximum atomic E-state index is 11.0. The third kappa shape index (κ3) is 3.56. The van der Waals surface area contributed by atoms with Gasteiger partial charge in [0.25, 0.3) is 0 Å². The zero-order chi connectivity index (χ0) is 12.8. The Labute approximate surface area is 106 Å². The van der Waals surface area contributed by atoms with Crippen molar-refractivity contribution in [2.75, 3.05) is 32.3 Å². The Bertz CT molecular complexity index is 407. The average Bonchev–Trinajstić information content (AvgIpc) is 2.34. The molecule has 0 amide bonds. The summed E-state index contributed by atoms with van der Waals surface area (Å²) in [6.07, 6.45) is 1.97. The van der Waals surface area contributed by atoms with Crippen LogP contribution in [0.4, 0.5) is 5.69 Å². The molecule has 0 bridgehead atoms. The molecule has 17 heavy (non-hydrogen) atoms. The van der Waals surface area contributed by atoms with Gasteiger partial charge in [0.2, 0.25) is 0 Å². The number of nitrogens with one attached hydrogen (secondary N) is 1. The van der Waals surface area contributed by atoms with Gasteiger partial charge in [-0.25, -0.2) is 0 Å². The van der Waals surface area contributed by atoms with Gasteiger partial charge in [-0.05, 0) is 19.2 Å². The van der Waals surface area contributed by atoms with Crippen molar-refractivity contribution in [3.8, 4) is 11.5 Å². The number of hydrogen-bond acceptors (Lipinski definition) is 5. The normalized spacial score (nSPS) is 9.88. The molecule has 1 rings (SSSR count). The molecule has 0 heterocycles. The predicted octanol–water partition coefficient (Wildman–Crippen LogP) is 2.43. The van der Waals surface area contributed by atoms with Crippen LogP contribution in [0.2, 0.25) is 0 Å². The fourth-order valence-electron chi connectivity index (χ4n) is 1.39. The van der Waals surface area contributed by atoms with E-state index >= 15 is 0 Å². The van der Waals surface area contributed by atoms with Crippen molar-refractivity contribution >= 4 is 23.2 Å². The highest BCUT2D eigenvalue weighted by molar-refractivity contribution is 7.98. The van der Waals surface area contributed by atoms with Crippen LogP contribution in [0.3, 0.4) is 0 Å². The zero-order valence-electron chi connectivity index (χ0n) is 10.5. The van der Waals surface area contributed by atoms with Gasteiger partial charge in [0.1, 0.15) is 17.3 Å². The van der Waals surface area contributed by atoms with Gasteiger partial charge in [-0.3, -0.25) is 4.79 Å². The van der Waals surface area contributed by atoms with Crippen LogP contribution in [-0.2, 0) is 4.79 Å². The van der Waals surface area contributed by atoms with Crippen molar-refractivity contribution in [1.82, 2.24) is 0 Å². The molecule has 0 aliphatic carbocycles. The SMILES string of the molecule is COc1cc(SC)c(OC)cc1NCC(C)=O. The Morgan fingerprint density at radius 2 is 1.94 bits per heavy atom. The maximum Gasteiger partial charge on any atom is 0.148 e. The van der Waals surface area contributed by atoms with Crippen molar-refractivity contribution in [3.05, 3.63) is 12.1 Å². The summed E-state index contributed by atoms with van der Waals surface area (Å²) < 4.78 is 10.6. The largest absolute Gasteiger partial charge is 0.496 e. The molecule has 0 radical (unpaired) electrons. The number of benzene rings is 1. The van der Waals surface area contributed by atoms with Gasteiger partial charge in [0, 0.05) is 6.07 Å². The molecule has 5 heteroatoms. The number of thioether (sulfide) groups is 1. The van der Waals surface area contributed by atoms with Crippen LogP contribution in [-0.4, -0.2) is 32.8 Å². The summed E-state index contributed by atoms with van der Waals surface area (Å²) in [5.74, 6) is 1.54. The van der Waals surface area contributed by atoms with Crippen LogP contribution in [0, 0.1) is 0 Å². The molecule has 0 aliphatic rings. The van der Waals surface area contributed by atoms with Crippen LogP contribution in [0.1, 0.15) is 6.92 Å². The topological polar surface area (TPSA) is 47.6 Å². The zero-order valence-corrected chi connectivity index (χ0v) is 11.3. The minimum Gasteiger partial charge on any atom is -0.496 e. The number of Topliss-reactive ketones (excluding diaryl/α,β-unsaturated/α-hetero) is 1. The lowest BCUT2D eigenvalue weighted by Gasteiger charge is -2.14. The molecular weight excluding hydrogens is 238 g/mol. The summed E-state index contributed by atoms with van der Waals surface area (Å²) in [4.78, 5) is 12.0. The third-order valence-corrected chi connectivity index (χ3v) is 2.99. The fraction of sp³-hybridized carbons (Fsp3) is 0.417. The van der Waals surface area contributed by atoms with Gasteiger partial charge >= 0.3 is 0 Å². The van der Waals surface area contributed by atoms with Crippen LogP contribution < -0.4 is 14.8 Å². The number of carbonyl (C=O) groups is 1. The van der Waals surface area contributed by atoms with E-state index in [1.165, 1.54) is 6.92 Å². The third-order valence-electron chi connectivity index (χ3n) is 2.23. The summed E-state index contributed by atoms with van der Waals surface area (Å²) in [7, 11) is 3.22. The molecule has 1 N–H and O–H groups in total. The first-order chi connectivity index (χ1) is 8.12. The molecule has 1 aromatic rings. The molecule has 0 aromatic heterocycles. The minimum absolute atomic E-state index is 0.0694. The maximum absolute atomic E-state index is 11.0. The molecular formula is C12H17NO3S. The lowest BCUT2D eigenvalue weighted by molar-refractivity contribution is -0.115. The van der Waals surface area contributed by atoms with E-state index in [2.05, 4.69) is 5.32 Å². The van der Waals surface area contributed by atoms with E-state index in [0.717, 1.165) is 16.3 Å². The Morgan fingerprint density at radius 1 is 1.29 bits per heavy atom. The van der Waals surface area contributed by atoms with E-state index in [1.807, 2.05) is 18.4 Å². The van der Waals surface area contributed by atoms with Crippen molar-refractivity contribution in [3.63, 3.8) is 0 Å². The number of methoxy groups -OCH3 is 2. The Balaban J connectivity index is 3.05. The van der Waals surface area contributed by atoms with E-state index in [1.54, 1.807) is 26.0 Å². The summed E-state index contributed by atoms with van der Waals surface area (Å²) in [6, 6.07) is 3.74. The molecule has 0 fully saturated rings. The second-order valence-corrected chi connectivity index (χ2v) is 4.31. The van der Waals surface area contributed by atoms with Crippen molar-refractivity contribution in [1.29, 1.82) is 0 Å². The van der Waals surface area contributed by atoms with Crippen LogP contribution in [0.5, 0.6) is 11.5 Å². The predicted molar refractivity (Wildman–Crippen MR) is 70.5 cm³/mol. The van der Waals surface area contributed by atoms with E-state index < -0.39 is 0 Å². The average molecular weight is 255 g/mol. The van der Waals surface area contributed by atoms with E-state index in [4.69, 9.17) is 9.47 Å². The fourth-order valence-corrected chi connectivity index (χ4v) is 1.96. The van der Waals surface area contributed by atoms with Gasteiger partial charge < -0.3 is 14.8 Å². The summed E-state index contributed by atoms with van der Waals surface area (Å²) in [5.41, 5.74) is 0.761. The van der Waals surface area contributed by atoms with Gasteiger partial charge in [-0.2, -0.15) is 0 Å². The van der Waals surface area contributed by atoms with Crippen molar-refractivity contribution in [2.45, 2.75) is 11.8 Å². The summed E-state index contributed by atoms with van der Waals surface area (Å²) >= 11 is 1.58. The van der Waals surface area contributed by atoms with E-state index in [0.29, 0.717) is 5.75 Å². The Morgan fingerprint density at radius 3 is 2.41 bits per heavy atom. The highest BCUT2D eigenvalue weighted by Crippen LogP contribution is 2.37. The van der Waals surface area contributed by atoms with Crippen molar-refractivity contribution < 1.29 is 14.3 Å². The molecule has 4 nitrogen and oxygen atoms in total. The molecule has 94 valence electrons. The number of carbonyl (C=O) groups excluding carboxylic acids is 1. The molecule has 0 saturated heterocycles. The first kappa shape index (κ1) is 13.7. The van der Waals surface area contributed by atoms with Crippen LogP contribution >= 0.6 is 11.8 Å². The van der Waals surface area contributed by atoms with Crippen LogP contribution in [0.25, 0.3) is 0 Å². The second-order valence-electron chi connectivity index (χ2n) is 3.46. The van der Waals surface area contributed by atoms with E-state index in [-0.39, 0.29) is 12.3 Å². The van der Waals surface area contributed by atoms with Gasteiger partial charge in [0.15, 0.2) is 0 Å². The molecule has 0 spiro atoms.